The second-order valence-corrected chi connectivity index (χ2v) is 9.18. The number of aryl methyl sites for hydroxylation is 2. The fourth-order valence-corrected chi connectivity index (χ4v) is 5.81. The molecule has 1 aliphatic carbocycles. The van der Waals surface area contributed by atoms with E-state index in [1.54, 1.807) is 0 Å². The van der Waals surface area contributed by atoms with Gasteiger partial charge in [-0.1, -0.05) is 6.92 Å². The number of carbonyl (C=O) groups excluding carboxylic acids is 1. The van der Waals surface area contributed by atoms with Gasteiger partial charge in [-0.3, -0.25) is 14.4 Å². The molecule has 162 valence electrons. The number of piperidine rings is 1. The number of rotatable bonds is 5. The predicted molar refractivity (Wildman–Crippen MR) is 112 cm³/mol. The summed E-state index contributed by atoms with van der Waals surface area (Å²) < 4.78 is 7.37. The van der Waals surface area contributed by atoms with Crippen molar-refractivity contribution in [1.29, 1.82) is 0 Å². The Hall–Kier alpha value is -1.44. The van der Waals surface area contributed by atoms with Gasteiger partial charge in [0.15, 0.2) is 0 Å². The van der Waals surface area contributed by atoms with Crippen molar-refractivity contribution < 1.29 is 9.53 Å². The zero-order valence-corrected chi connectivity index (χ0v) is 18.3. The molecule has 0 radical (unpaired) electrons. The van der Waals surface area contributed by atoms with Gasteiger partial charge in [-0.2, -0.15) is 5.10 Å². The SMILES string of the molecule is CCN1CC[C@@H]2C[C@@H](N3CCOCC3)CC[C@@]2(C(=O)NCc2cn(C)nc2C)C1. The second kappa shape index (κ2) is 8.74. The molecule has 3 heterocycles. The van der Waals surface area contributed by atoms with E-state index < -0.39 is 0 Å². The van der Waals surface area contributed by atoms with Crippen molar-refractivity contribution in [3.05, 3.63) is 17.5 Å². The first-order valence-electron chi connectivity index (χ1n) is 11.3. The van der Waals surface area contributed by atoms with Gasteiger partial charge in [0.05, 0.1) is 24.3 Å². The number of aromatic nitrogens is 2. The van der Waals surface area contributed by atoms with E-state index in [-0.39, 0.29) is 11.3 Å². The van der Waals surface area contributed by atoms with Crippen LogP contribution in [0.5, 0.6) is 0 Å². The average Bonchev–Trinajstić information content (AvgIpc) is 3.08. The molecule has 0 aromatic carbocycles. The summed E-state index contributed by atoms with van der Waals surface area (Å²) in [6.45, 7) is 11.6. The number of ether oxygens (including phenoxy) is 1. The Morgan fingerprint density at radius 3 is 2.79 bits per heavy atom. The van der Waals surface area contributed by atoms with E-state index in [4.69, 9.17) is 4.74 Å². The third-order valence-electron chi connectivity index (χ3n) is 7.58. The molecule has 0 spiro atoms. The highest BCUT2D eigenvalue weighted by Gasteiger charge is 2.52. The molecule has 0 bridgehead atoms. The van der Waals surface area contributed by atoms with Crippen LogP contribution in [0.15, 0.2) is 6.20 Å². The van der Waals surface area contributed by atoms with Crippen molar-refractivity contribution in [3.8, 4) is 0 Å². The largest absolute Gasteiger partial charge is 0.379 e. The molecule has 1 amide bonds. The van der Waals surface area contributed by atoms with Crippen LogP contribution >= 0.6 is 0 Å². The molecule has 0 unspecified atom stereocenters. The maximum absolute atomic E-state index is 13.6. The van der Waals surface area contributed by atoms with Crippen LogP contribution < -0.4 is 5.32 Å². The van der Waals surface area contributed by atoms with Crippen LogP contribution in [-0.2, 0) is 23.1 Å². The second-order valence-electron chi connectivity index (χ2n) is 9.18. The van der Waals surface area contributed by atoms with E-state index in [9.17, 15) is 4.79 Å². The quantitative estimate of drug-likeness (QED) is 0.808. The molecule has 3 atom stereocenters. The van der Waals surface area contributed by atoms with E-state index in [0.29, 0.717) is 18.5 Å². The van der Waals surface area contributed by atoms with Gasteiger partial charge in [-0.05, 0) is 51.6 Å². The predicted octanol–water partition coefficient (Wildman–Crippen LogP) is 1.56. The number of amides is 1. The molecule has 4 rings (SSSR count). The molecule has 1 N–H and O–H groups in total. The van der Waals surface area contributed by atoms with Crippen LogP contribution in [0, 0.1) is 18.3 Å². The van der Waals surface area contributed by atoms with Crippen molar-refractivity contribution in [1.82, 2.24) is 24.9 Å². The Labute approximate surface area is 174 Å². The number of carbonyl (C=O) groups is 1. The first-order valence-corrected chi connectivity index (χ1v) is 11.3. The number of nitrogens with one attached hydrogen (secondary N) is 1. The number of fused-ring (bicyclic) bond motifs is 1. The molecule has 1 aromatic heterocycles. The minimum Gasteiger partial charge on any atom is -0.379 e. The molecular formula is C22H37N5O2. The highest BCUT2D eigenvalue weighted by atomic mass is 16.5. The third-order valence-corrected chi connectivity index (χ3v) is 7.58. The highest BCUT2D eigenvalue weighted by molar-refractivity contribution is 5.83. The zero-order chi connectivity index (χ0) is 20.4. The van der Waals surface area contributed by atoms with Crippen molar-refractivity contribution in [2.45, 2.75) is 52.1 Å². The van der Waals surface area contributed by atoms with Gasteiger partial charge in [0, 0.05) is 51.0 Å². The van der Waals surface area contributed by atoms with E-state index in [1.165, 1.54) is 0 Å². The summed E-state index contributed by atoms with van der Waals surface area (Å²) in [5.74, 6) is 0.728. The van der Waals surface area contributed by atoms with E-state index in [1.807, 2.05) is 24.9 Å². The lowest BCUT2D eigenvalue weighted by Crippen LogP contribution is -2.60. The number of hydrogen-bond donors (Lipinski definition) is 1. The molecule has 1 aromatic rings. The van der Waals surface area contributed by atoms with Crippen LogP contribution in [-0.4, -0.2) is 77.5 Å². The lowest BCUT2D eigenvalue weighted by atomic mass is 9.61. The summed E-state index contributed by atoms with van der Waals surface area (Å²) in [7, 11) is 1.93. The van der Waals surface area contributed by atoms with Crippen molar-refractivity contribution in [2.75, 3.05) is 45.9 Å². The molecule has 7 heteroatoms. The van der Waals surface area contributed by atoms with E-state index >= 15 is 0 Å². The van der Waals surface area contributed by atoms with Gasteiger partial charge in [0.25, 0.3) is 0 Å². The summed E-state index contributed by atoms with van der Waals surface area (Å²) >= 11 is 0. The topological polar surface area (TPSA) is 62.6 Å². The van der Waals surface area contributed by atoms with E-state index in [0.717, 1.165) is 82.9 Å². The van der Waals surface area contributed by atoms with Crippen molar-refractivity contribution >= 4 is 5.91 Å². The zero-order valence-electron chi connectivity index (χ0n) is 18.3. The Morgan fingerprint density at radius 2 is 2.10 bits per heavy atom. The minimum absolute atomic E-state index is 0.243. The van der Waals surface area contributed by atoms with Gasteiger partial charge >= 0.3 is 0 Å². The van der Waals surface area contributed by atoms with E-state index in [2.05, 4.69) is 27.1 Å². The Morgan fingerprint density at radius 1 is 1.31 bits per heavy atom. The smallest absolute Gasteiger partial charge is 0.228 e. The number of hydrogen-bond acceptors (Lipinski definition) is 5. The molecule has 1 saturated carbocycles. The monoisotopic (exact) mass is 403 g/mol. The van der Waals surface area contributed by atoms with Gasteiger partial charge in [0.2, 0.25) is 5.91 Å². The first-order chi connectivity index (χ1) is 14.0. The molecule has 3 aliphatic rings. The molecule has 2 saturated heterocycles. The Balaban J connectivity index is 1.47. The van der Waals surface area contributed by atoms with Gasteiger partial charge < -0.3 is 15.0 Å². The van der Waals surface area contributed by atoms with Crippen LogP contribution in [0.2, 0.25) is 0 Å². The number of likely N-dealkylation sites (tertiary alicyclic amines) is 1. The molecule has 29 heavy (non-hydrogen) atoms. The van der Waals surface area contributed by atoms with Gasteiger partial charge in [-0.15, -0.1) is 0 Å². The normalized spacial score (nSPS) is 31.4. The Bertz CT molecular complexity index is 714. The lowest BCUT2D eigenvalue weighted by Gasteiger charge is -2.53. The van der Waals surface area contributed by atoms with Crippen LogP contribution in [0.1, 0.15) is 43.9 Å². The van der Waals surface area contributed by atoms with Crippen molar-refractivity contribution in [2.24, 2.45) is 18.4 Å². The number of nitrogens with zero attached hydrogens (tertiary/aromatic N) is 4. The fourth-order valence-electron chi connectivity index (χ4n) is 5.81. The van der Waals surface area contributed by atoms with Gasteiger partial charge in [0.1, 0.15) is 0 Å². The summed E-state index contributed by atoms with van der Waals surface area (Å²) in [6.07, 6.45) is 6.41. The van der Waals surface area contributed by atoms with Crippen LogP contribution in [0.3, 0.4) is 0 Å². The minimum atomic E-state index is -0.243. The van der Waals surface area contributed by atoms with Gasteiger partial charge in [-0.25, -0.2) is 0 Å². The molecule has 2 aliphatic heterocycles. The molecular weight excluding hydrogens is 366 g/mol. The van der Waals surface area contributed by atoms with Crippen LogP contribution in [0.25, 0.3) is 0 Å². The third kappa shape index (κ3) is 4.23. The maximum Gasteiger partial charge on any atom is 0.228 e. The van der Waals surface area contributed by atoms with Crippen LogP contribution in [0.4, 0.5) is 0 Å². The summed E-state index contributed by atoms with van der Waals surface area (Å²) in [5.41, 5.74) is 1.86. The summed E-state index contributed by atoms with van der Waals surface area (Å²) in [4.78, 5) is 18.7. The average molecular weight is 404 g/mol. The molecule has 7 nitrogen and oxygen atoms in total. The Kier molecular flexibility index (Phi) is 6.27. The summed E-state index contributed by atoms with van der Waals surface area (Å²) in [6, 6.07) is 0.610. The standard InChI is InChI=1S/C22H37N5O2/c1-4-26-8-6-19-13-20(27-9-11-29-12-10-27)5-7-22(19,16-26)21(28)23-14-18-15-25(3)24-17(18)2/h15,19-20H,4-14,16H2,1-3H3,(H,23,28)/t19-,20+,22-/m1/s1. The lowest BCUT2D eigenvalue weighted by molar-refractivity contribution is -0.145. The fraction of sp³-hybridized carbons (Fsp3) is 0.818. The molecule has 3 fully saturated rings. The number of morpholine rings is 1. The first kappa shape index (κ1) is 20.8. The summed E-state index contributed by atoms with van der Waals surface area (Å²) in [5, 5.41) is 7.71. The highest BCUT2D eigenvalue weighted by Crippen LogP contribution is 2.47. The maximum atomic E-state index is 13.6. The van der Waals surface area contributed by atoms with Crippen molar-refractivity contribution in [3.63, 3.8) is 0 Å².